The van der Waals surface area contributed by atoms with Crippen LogP contribution in [0.5, 0.6) is 0 Å². The van der Waals surface area contributed by atoms with Crippen molar-refractivity contribution in [1.29, 1.82) is 0 Å². The standard InChI is InChI=1S/C11H8F3N3O4/c12-11(13,14)6-1-2-7(15-3-6)10-17-16-8(21-10)4-20-5-9(18)19/h1-3H,4-5H2,(H,18,19). The van der Waals surface area contributed by atoms with Crippen LogP contribution < -0.4 is 0 Å². The van der Waals surface area contributed by atoms with Crippen molar-refractivity contribution >= 4 is 5.97 Å². The number of alkyl halides is 3. The first kappa shape index (κ1) is 14.9. The molecular formula is C11H8F3N3O4. The summed E-state index contributed by atoms with van der Waals surface area (Å²) in [7, 11) is 0. The third-order valence-corrected chi connectivity index (χ3v) is 2.23. The van der Waals surface area contributed by atoms with Gasteiger partial charge in [0.15, 0.2) is 0 Å². The summed E-state index contributed by atoms with van der Waals surface area (Å²) in [4.78, 5) is 13.8. The Kier molecular flexibility index (Phi) is 4.17. The van der Waals surface area contributed by atoms with E-state index in [1.54, 1.807) is 0 Å². The average Bonchev–Trinajstić information content (AvgIpc) is 2.86. The van der Waals surface area contributed by atoms with Crippen LogP contribution >= 0.6 is 0 Å². The molecule has 1 N–H and O–H groups in total. The summed E-state index contributed by atoms with van der Waals surface area (Å²) < 4.78 is 46.9. The molecule has 0 bridgehead atoms. The maximum Gasteiger partial charge on any atom is 0.417 e. The Morgan fingerprint density at radius 1 is 1.33 bits per heavy atom. The molecule has 0 saturated carbocycles. The van der Waals surface area contributed by atoms with Gasteiger partial charge in [-0.05, 0) is 12.1 Å². The number of carbonyl (C=O) groups is 1. The van der Waals surface area contributed by atoms with E-state index in [0.717, 1.165) is 12.1 Å². The predicted molar refractivity (Wildman–Crippen MR) is 59.8 cm³/mol. The van der Waals surface area contributed by atoms with Crippen molar-refractivity contribution in [3.63, 3.8) is 0 Å². The Labute approximate surface area is 115 Å². The largest absolute Gasteiger partial charge is 0.480 e. The summed E-state index contributed by atoms with van der Waals surface area (Å²) >= 11 is 0. The van der Waals surface area contributed by atoms with Gasteiger partial charge in [0.05, 0.1) is 5.56 Å². The molecule has 21 heavy (non-hydrogen) atoms. The first-order chi connectivity index (χ1) is 9.86. The fourth-order valence-corrected chi connectivity index (χ4v) is 1.33. The summed E-state index contributed by atoms with van der Waals surface area (Å²) in [6.07, 6.45) is -3.82. The van der Waals surface area contributed by atoms with E-state index in [1.807, 2.05) is 0 Å². The maximum absolute atomic E-state index is 12.4. The third kappa shape index (κ3) is 3.99. The van der Waals surface area contributed by atoms with Crippen LogP contribution in [0.3, 0.4) is 0 Å². The van der Waals surface area contributed by atoms with Gasteiger partial charge in [0.2, 0.25) is 5.89 Å². The Bertz CT molecular complexity index is 624. The van der Waals surface area contributed by atoms with Crippen LogP contribution in [-0.4, -0.2) is 32.9 Å². The van der Waals surface area contributed by atoms with Gasteiger partial charge < -0.3 is 14.3 Å². The molecule has 0 amide bonds. The number of halogens is 3. The number of ether oxygens (including phenoxy) is 1. The summed E-state index contributed by atoms with van der Waals surface area (Å²) in [5.41, 5.74) is -0.823. The van der Waals surface area contributed by atoms with E-state index < -0.39 is 24.3 Å². The third-order valence-electron chi connectivity index (χ3n) is 2.23. The lowest BCUT2D eigenvalue weighted by Gasteiger charge is -2.05. The van der Waals surface area contributed by atoms with E-state index in [1.165, 1.54) is 0 Å². The van der Waals surface area contributed by atoms with Crippen molar-refractivity contribution in [3.05, 3.63) is 29.8 Å². The minimum Gasteiger partial charge on any atom is -0.480 e. The molecule has 2 aromatic heterocycles. The van der Waals surface area contributed by atoms with E-state index in [0.29, 0.717) is 6.20 Å². The molecule has 2 rings (SSSR count). The van der Waals surface area contributed by atoms with Crippen molar-refractivity contribution in [2.75, 3.05) is 6.61 Å². The van der Waals surface area contributed by atoms with Crippen LogP contribution in [0.4, 0.5) is 13.2 Å². The van der Waals surface area contributed by atoms with Crippen LogP contribution in [-0.2, 0) is 22.3 Å². The van der Waals surface area contributed by atoms with Crippen molar-refractivity contribution in [2.24, 2.45) is 0 Å². The minimum absolute atomic E-state index is 0.00653. The second kappa shape index (κ2) is 5.87. The van der Waals surface area contributed by atoms with Gasteiger partial charge in [0.1, 0.15) is 18.9 Å². The molecule has 7 nitrogen and oxygen atoms in total. The number of aliphatic carboxylic acids is 1. The fourth-order valence-electron chi connectivity index (χ4n) is 1.33. The van der Waals surface area contributed by atoms with Crippen LogP contribution in [0, 0.1) is 0 Å². The molecule has 0 spiro atoms. The highest BCUT2D eigenvalue weighted by Crippen LogP contribution is 2.29. The zero-order chi connectivity index (χ0) is 15.5. The average molecular weight is 303 g/mol. The second-order valence-electron chi connectivity index (χ2n) is 3.82. The van der Waals surface area contributed by atoms with Gasteiger partial charge in [-0.25, -0.2) is 4.79 Å². The number of hydrogen-bond donors (Lipinski definition) is 1. The summed E-state index contributed by atoms with van der Waals surface area (Å²) in [5, 5.41) is 15.5. The SMILES string of the molecule is O=C(O)COCc1nnc(-c2ccc(C(F)(F)F)cn2)o1. The molecule has 0 aliphatic heterocycles. The predicted octanol–water partition coefficient (Wildman–Crippen LogP) is 1.75. The van der Waals surface area contributed by atoms with E-state index >= 15 is 0 Å². The van der Waals surface area contributed by atoms with Crippen molar-refractivity contribution in [1.82, 2.24) is 15.2 Å². The Morgan fingerprint density at radius 3 is 2.67 bits per heavy atom. The first-order valence-corrected chi connectivity index (χ1v) is 5.52. The highest BCUT2D eigenvalue weighted by atomic mass is 19.4. The molecule has 2 heterocycles. The smallest absolute Gasteiger partial charge is 0.417 e. The van der Waals surface area contributed by atoms with Crippen LogP contribution in [0.1, 0.15) is 11.5 Å². The van der Waals surface area contributed by atoms with Gasteiger partial charge in [-0.3, -0.25) is 4.98 Å². The molecule has 0 aliphatic carbocycles. The number of rotatable bonds is 5. The fraction of sp³-hybridized carbons (Fsp3) is 0.273. The zero-order valence-corrected chi connectivity index (χ0v) is 10.3. The summed E-state index contributed by atoms with van der Waals surface area (Å²) in [6.45, 7) is -0.754. The maximum atomic E-state index is 12.4. The zero-order valence-electron chi connectivity index (χ0n) is 10.3. The number of hydrogen-bond acceptors (Lipinski definition) is 6. The number of pyridine rings is 1. The molecule has 10 heteroatoms. The molecule has 0 radical (unpaired) electrons. The van der Waals surface area contributed by atoms with E-state index in [2.05, 4.69) is 15.2 Å². The van der Waals surface area contributed by atoms with Crippen molar-refractivity contribution in [3.8, 4) is 11.6 Å². The molecule has 0 fully saturated rings. The monoisotopic (exact) mass is 303 g/mol. The topological polar surface area (TPSA) is 98.3 Å². The second-order valence-corrected chi connectivity index (χ2v) is 3.82. The Morgan fingerprint density at radius 2 is 2.10 bits per heavy atom. The Hall–Kier alpha value is -2.49. The van der Waals surface area contributed by atoms with Crippen LogP contribution in [0.25, 0.3) is 11.6 Å². The lowest BCUT2D eigenvalue weighted by Crippen LogP contribution is -2.06. The van der Waals surface area contributed by atoms with E-state index in [9.17, 15) is 18.0 Å². The van der Waals surface area contributed by atoms with Crippen LogP contribution in [0.15, 0.2) is 22.7 Å². The number of aromatic nitrogens is 3. The molecule has 0 aromatic carbocycles. The normalized spacial score (nSPS) is 11.6. The van der Waals surface area contributed by atoms with Gasteiger partial charge in [0, 0.05) is 6.20 Å². The quantitative estimate of drug-likeness (QED) is 0.898. The number of carboxylic acids is 1. The highest BCUT2D eigenvalue weighted by Gasteiger charge is 2.30. The molecule has 2 aromatic rings. The number of carboxylic acid groups (broad SMARTS) is 1. The van der Waals surface area contributed by atoms with E-state index in [4.69, 9.17) is 14.3 Å². The molecule has 0 saturated heterocycles. The lowest BCUT2D eigenvalue weighted by atomic mass is 10.2. The van der Waals surface area contributed by atoms with Crippen molar-refractivity contribution in [2.45, 2.75) is 12.8 Å². The van der Waals surface area contributed by atoms with Gasteiger partial charge in [0.25, 0.3) is 5.89 Å². The molecule has 0 unspecified atom stereocenters. The highest BCUT2D eigenvalue weighted by molar-refractivity contribution is 5.67. The molecule has 0 atom stereocenters. The van der Waals surface area contributed by atoms with Gasteiger partial charge >= 0.3 is 12.1 Å². The molecule has 0 aliphatic rings. The Balaban J connectivity index is 2.05. The summed E-state index contributed by atoms with van der Waals surface area (Å²) in [6, 6.07) is 1.94. The summed E-state index contributed by atoms with van der Waals surface area (Å²) in [5.74, 6) is -1.25. The minimum atomic E-state index is -4.48. The first-order valence-electron chi connectivity index (χ1n) is 5.52. The van der Waals surface area contributed by atoms with Gasteiger partial charge in [-0.1, -0.05) is 0 Å². The van der Waals surface area contributed by atoms with Gasteiger partial charge in [-0.15, -0.1) is 10.2 Å². The van der Waals surface area contributed by atoms with Crippen molar-refractivity contribution < 1.29 is 32.2 Å². The molecular weight excluding hydrogens is 295 g/mol. The van der Waals surface area contributed by atoms with Gasteiger partial charge in [-0.2, -0.15) is 13.2 Å². The molecule has 112 valence electrons. The van der Waals surface area contributed by atoms with E-state index in [-0.39, 0.29) is 24.1 Å². The lowest BCUT2D eigenvalue weighted by molar-refractivity contribution is -0.143. The van der Waals surface area contributed by atoms with Crippen LogP contribution in [0.2, 0.25) is 0 Å². The number of nitrogens with zero attached hydrogens (tertiary/aromatic N) is 3.